The van der Waals surface area contributed by atoms with Gasteiger partial charge in [-0.1, -0.05) is 91.0 Å². The first-order valence-electron chi connectivity index (χ1n) is 13.7. The molecule has 1 aliphatic carbocycles. The van der Waals surface area contributed by atoms with E-state index >= 15 is 0 Å². The molecule has 0 unspecified atom stereocenters. The van der Waals surface area contributed by atoms with Crippen molar-refractivity contribution in [2.45, 2.75) is 26.7 Å². The molecule has 192 valence electrons. The van der Waals surface area contributed by atoms with Crippen molar-refractivity contribution in [1.29, 1.82) is 0 Å². The zero-order valence-corrected chi connectivity index (χ0v) is 22.6. The average Bonchev–Trinajstić information content (AvgIpc) is 3.01. The van der Waals surface area contributed by atoms with Crippen molar-refractivity contribution in [2.75, 3.05) is 0 Å². The summed E-state index contributed by atoms with van der Waals surface area (Å²) < 4.78 is 0. The predicted molar refractivity (Wildman–Crippen MR) is 165 cm³/mol. The van der Waals surface area contributed by atoms with Crippen molar-refractivity contribution in [3.63, 3.8) is 0 Å². The third-order valence-corrected chi connectivity index (χ3v) is 7.52. The van der Waals surface area contributed by atoms with Crippen LogP contribution < -0.4 is 0 Å². The number of nitrogens with zero attached hydrogens (tertiary/aromatic N) is 4. The van der Waals surface area contributed by atoms with E-state index in [9.17, 15) is 0 Å². The molecule has 0 bridgehead atoms. The van der Waals surface area contributed by atoms with Gasteiger partial charge in [0.25, 0.3) is 0 Å². The lowest BCUT2D eigenvalue weighted by molar-refractivity contribution is 1.04. The molecule has 7 rings (SSSR count). The van der Waals surface area contributed by atoms with Crippen molar-refractivity contribution in [1.82, 2.24) is 19.9 Å². The second-order valence-electron chi connectivity index (χ2n) is 10.4. The summed E-state index contributed by atoms with van der Waals surface area (Å²) in [6, 6.07) is 31.5. The van der Waals surface area contributed by atoms with E-state index in [0.717, 1.165) is 74.1 Å². The molecule has 0 spiro atoms. The number of hydrogen-bond donors (Lipinski definition) is 0. The van der Waals surface area contributed by atoms with E-state index in [4.69, 9.17) is 19.9 Å². The zero-order valence-electron chi connectivity index (χ0n) is 22.6. The van der Waals surface area contributed by atoms with Crippen molar-refractivity contribution in [2.24, 2.45) is 0 Å². The van der Waals surface area contributed by atoms with Gasteiger partial charge >= 0.3 is 0 Å². The van der Waals surface area contributed by atoms with Gasteiger partial charge in [0.05, 0.1) is 22.4 Å². The van der Waals surface area contributed by atoms with Gasteiger partial charge < -0.3 is 0 Å². The molecule has 6 aromatic rings. The highest BCUT2D eigenvalue weighted by molar-refractivity contribution is 6.04. The fraction of sp³-hybridized carbons (Fsp3) is 0.111. The molecule has 0 fully saturated rings. The molecule has 1 aliphatic rings. The van der Waals surface area contributed by atoms with Crippen molar-refractivity contribution in [3.05, 3.63) is 126 Å². The minimum Gasteiger partial charge on any atom is -0.251 e. The molecular weight excluding hydrogens is 488 g/mol. The molecule has 3 aromatic heterocycles. The van der Waals surface area contributed by atoms with Crippen LogP contribution >= 0.6 is 0 Å². The van der Waals surface area contributed by atoms with Gasteiger partial charge in [-0.15, -0.1) is 0 Å². The molecule has 0 aliphatic heterocycles. The summed E-state index contributed by atoms with van der Waals surface area (Å²) in [5.41, 5.74) is 11.0. The van der Waals surface area contributed by atoms with Crippen molar-refractivity contribution in [3.8, 4) is 34.0 Å². The summed E-state index contributed by atoms with van der Waals surface area (Å²) in [7, 11) is 0. The van der Waals surface area contributed by atoms with Crippen LogP contribution in [0.25, 0.3) is 61.4 Å². The second kappa shape index (κ2) is 9.97. The number of benzene rings is 3. The molecule has 4 heteroatoms. The Morgan fingerprint density at radius 1 is 0.575 bits per heavy atom. The lowest BCUT2D eigenvalue weighted by atomic mass is 9.98. The van der Waals surface area contributed by atoms with Crippen LogP contribution in [0.4, 0.5) is 0 Å². The van der Waals surface area contributed by atoms with Crippen LogP contribution in [0.5, 0.6) is 0 Å². The fourth-order valence-electron chi connectivity index (χ4n) is 5.38. The Bertz CT molecular complexity index is 1950. The summed E-state index contributed by atoms with van der Waals surface area (Å²) in [5, 5.41) is 2.17. The monoisotopic (exact) mass is 516 g/mol. The SMILES string of the molecule is Cc1ccc2ccc3c(C)cc(-c4nc(-c5ccccc5)cc(-c5ccc(C6=CCCC=C6)cc5)n4)nc3c2n1. The number of fused-ring (bicyclic) bond motifs is 3. The highest BCUT2D eigenvalue weighted by Crippen LogP contribution is 2.32. The summed E-state index contributed by atoms with van der Waals surface area (Å²) >= 11 is 0. The van der Waals surface area contributed by atoms with Crippen molar-refractivity contribution < 1.29 is 0 Å². The fourth-order valence-corrected chi connectivity index (χ4v) is 5.38. The van der Waals surface area contributed by atoms with Gasteiger partial charge in [-0.05, 0) is 61.6 Å². The molecule has 0 saturated carbocycles. The first-order valence-corrected chi connectivity index (χ1v) is 13.7. The van der Waals surface area contributed by atoms with Gasteiger partial charge in [-0.25, -0.2) is 15.0 Å². The summed E-state index contributed by atoms with van der Waals surface area (Å²) in [5.74, 6) is 0.605. The maximum Gasteiger partial charge on any atom is 0.179 e. The lowest BCUT2D eigenvalue weighted by Gasteiger charge is -2.12. The van der Waals surface area contributed by atoms with E-state index in [-0.39, 0.29) is 0 Å². The van der Waals surface area contributed by atoms with Gasteiger partial charge in [0.15, 0.2) is 5.82 Å². The molecule has 40 heavy (non-hydrogen) atoms. The number of pyridine rings is 2. The van der Waals surface area contributed by atoms with E-state index in [1.54, 1.807) is 0 Å². The largest absolute Gasteiger partial charge is 0.251 e. The Hall–Kier alpha value is -4.96. The zero-order chi connectivity index (χ0) is 27.1. The molecule has 0 saturated heterocycles. The minimum absolute atomic E-state index is 0.605. The first kappa shape index (κ1) is 24.1. The van der Waals surface area contributed by atoms with Gasteiger partial charge in [0, 0.05) is 27.6 Å². The Morgan fingerprint density at radius 3 is 2.05 bits per heavy atom. The molecule has 0 N–H and O–H groups in total. The second-order valence-corrected chi connectivity index (χ2v) is 10.4. The number of aromatic nitrogens is 4. The van der Waals surface area contributed by atoms with Crippen molar-refractivity contribution >= 4 is 27.4 Å². The quantitative estimate of drug-likeness (QED) is 0.220. The molecule has 3 heterocycles. The van der Waals surface area contributed by atoms with E-state index < -0.39 is 0 Å². The molecule has 0 radical (unpaired) electrons. The standard InChI is InChI=1S/C36H28N4/c1-23-21-33(38-35-30(23)20-19-29-14-13-24(2)37-34(29)35)36-39-31(27-11-7-4-8-12-27)22-32(40-36)28-17-15-26(16-18-28)25-9-5-3-6-10-25/h4-5,7-22H,3,6H2,1-2H3. The predicted octanol–water partition coefficient (Wildman–Crippen LogP) is 8.92. The third-order valence-electron chi connectivity index (χ3n) is 7.52. The Balaban J connectivity index is 1.40. The first-order chi connectivity index (χ1) is 19.6. The van der Waals surface area contributed by atoms with Crippen LogP contribution in [0.3, 0.4) is 0 Å². The number of aryl methyl sites for hydroxylation is 2. The van der Waals surface area contributed by atoms with Crippen LogP contribution in [-0.4, -0.2) is 19.9 Å². The van der Waals surface area contributed by atoms with Crippen LogP contribution in [-0.2, 0) is 0 Å². The van der Waals surface area contributed by atoms with Crippen LogP contribution in [0.1, 0.15) is 29.7 Å². The molecule has 4 nitrogen and oxygen atoms in total. The molecule has 3 aromatic carbocycles. The number of allylic oxidation sites excluding steroid dienone is 4. The van der Waals surface area contributed by atoms with Gasteiger partial charge in [-0.3, -0.25) is 4.98 Å². The van der Waals surface area contributed by atoms with Crippen LogP contribution in [0.15, 0.2) is 109 Å². The topological polar surface area (TPSA) is 51.6 Å². The summed E-state index contributed by atoms with van der Waals surface area (Å²) in [6.07, 6.45) is 8.96. The van der Waals surface area contributed by atoms with Gasteiger partial charge in [0.1, 0.15) is 5.69 Å². The van der Waals surface area contributed by atoms with Crippen LogP contribution in [0, 0.1) is 13.8 Å². The average molecular weight is 517 g/mol. The number of hydrogen-bond acceptors (Lipinski definition) is 4. The van der Waals surface area contributed by atoms with E-state index in [2.05, 4.69) is 91.9 Å². The van der Waals surface area contributed by atoms with Gasteiger partial charge in [0.2, 0.25) is 0 Å². The summed E-state index contributed by atoms with van der Waals surface area (Å²) in [6.45, 7) is 4.13. The smallest absolute Gasteiger partial charge is 0.179 e. The number of rotatable bonds is 4. The highest BCUT2D eigenvalue weighted by Gasteiger charge is 2.15. The third kappa shape index (κ3) is 4.48. The molecule has 0 amide bonds. The lowest BCUT2D eigenvalue weighted by Crippen LogP contribution is -1.99. The van der Waals surface area contributed by atoms with E-state index in [1.165, 1.54) is 11.1 Å². The maximum atomic E-state index is 5.12. The molecule has 0 atom stereocenters. The van der Waals surface area contributed by atoms with Gasteiger partial charge in [-0.2, -0.15) is 0 Å². The normalized spacial score (nSPS) is 13.1. The van der Waals surface area contributed by atoms with E-state index in [1.807, 2.05) is 31.2 Å². The molecular formula is C36H28N4. The summed E-state index contributed by atoms with van der Waals surface area (Å²) in [4.78, 5) is 20.1. The Morgan fingerprint density at radius 2 is 1.30 bits per heavy atom. The Kier molecular flexibility index (Phi) is 6.01. The maximum absolute atomic E-state index is 5.12. The Labute approximate surface area is 233 Å². The van der Waals surface area contributed by atoms with Crippen LogP contribution in [0.2, 0.25) is 0 Å². The van der Waals surface area contributed by atoms with E-state index in [0.29, 0.717) is 5.82 Å². The minimum atomic E-state index is 0.605. The highest BCUT2D eigenvalue weighted by atomic mass is 14.9.